The lowest BCUT2D eigenvalue weighted by Gasteiger charge is -2.27. The predicted octanol–water partition coefficient (Wildman–Crippen LogP) is 2.66. The maximum Gasteiger partial charge on any atom is 0.252 e. The Labute approximate surface area is 145 Å². The Balaban J connectivity index is 1.99. The van der Waals surface area contributed by atoms with Gasteiger partial charge in [0.2, 0.25) is 10.0 Å². The van der Waals surface area contributed by atoms with Crippen LogP contribution in [0.1, 0.15) is 43.4 Å². The Bertz CT molecular complexity index is 824. The lowest BCUT2D eigenvalue weighted by Crippen LogP contribution is -2.35. The first-order valence-corrected chi connectivity index (χ1v) is 9.56. The fraction of sp³-hybridized carbons (Fsp3) is 0.500. The fourth-order valence-electron chi connectivity index (χ4n) is 2.99. The van der Waals surface area contributed by atoms with Gasteiger partial charge in [0.1, 0.15) is 17.3 Å². The molecule has 1 fully saturated rings. The molecule has 2 aromatic rings. The van der Waals surface area contributed by atoms with Crippen LogP contribution >= 0.6 is 0 Å². The van der Waals surface area contributed by atoms with Gasteiger partial charge >= 0.3 is 0 Å². The van der Waals surface area contributed by atoms with Gasteiger partial charge in [-0.2, -0.15) is 9.29 Å². The van der Waals surface area contributed by atoms with Gasteiger partial charge in [0.25, 0.3) is 5.89 Å². The molecule has 3 rings (SSSR count). The number of rotatable bonds is 5. The topological polar surface area (TPSA) is 85.5 Å². The number of methoxy groups -OCH3 is 1. The summed E-state index contributed by atoms with van der Waals surface area (Å²) in [5.74, 6) is -0.197. The van der Waals surface area contributed by atoms with Gasteiger partial charge < -0.3 is 9.26 Å². The van der Waals surface area contributed by atoms with Crippen LogP contribution in [0.25, 0.3) is 0 Å². The second-order valence-corrected chi connectivity index (χ2v) is 7.75. The summed E-state index contributed by atoms with van der Waals surface area (Å²) in [6.07, 6.45) is 2.98. The van der Waals surface area contributed by atoms with Gasteiger partial charge in [-0.25, -0.2) is 12.8 Å². The smallest absolute Gasteiger partial charge is 0.252 e. The summed E-state index contributed by atoms with van der Waals surface area (Å²) in [5, 5.41) is 3.91. The molecule has 0 radical (unpaired) electrons. The molecule has 136 valence electrons. The molecule has 25 heavy (non-hydrogen) atoms. The molecule has 1 unspecified atom stereocenters. The quantitative estimate of drug-likeness (QED) is 0.805. The summed E-state index contributed by atoms with van der Waals surface area (Å²) in [5.41, 5.74) is 0. The van der Waals surface area contributed by atoms with E-state index in [1.165, 1.54) is 29.6 Å². The molecule has 9 heteroatoms. The van der Waals surface area contributed by atoms with Crippen molar-refractivity contribution >= 4 is 10.0 Å². The number of ether oxygens (including phenoxy) is 1. The van der Waals surface area contributed by atoms with Crippen LogP contribution in [0.5, 0.6) is 0 Å². The number of sulfonamides is 1. The van der Waals surface area contributed by atoms with Crippen molar-refractivity contribution in [2.24, 2.45) is 0 Å². The van der Waals surface area contributed by atoms with Crippen molar-refractivity contribution in [3.63, 3.8) is 0 Å². The van der Waals surface area contributed by atoms with Crippen LogP contribution in [-0.4, -0.2) is 36.5 Å². The first-order valence-electron chi connectivity index (χ1n) is 8.12. The molecule has 0 bridgehead atoms. The zero-order valence-corrected chi connectivity index (χ0v) is 14.7. The molecule has 1 aromatic carbocycles. The second-order valence-electron chi connectivity index (χ2n) is 5.89. The highest BCUT2D eigenvalue weighted by Gasteiger charge is 2.37. The maximum atomic E-state index is 14.1. The van der Waals surface area contributed by atoms with Gasteiger partial charge in [-0.1, -0.05) is 30.1 Å². The molecule has 7 nitrogen and oxygen atoms in total. The van der Waals surface area contributed by atoms with Crippen LogP contribution in [0.3, 0.4) is 0 Å². The maximum absolute atomic E-state index is 14.1. The molecule has 1 aliphatic heterocycles. The highest BCUT2D eigenvalue weighted by atomic mass is 32.2. The van der Waals surface area contributed by atoms with Crippen LogP contribution in [0.15, 0.2) is 33.7 Å². The summed E-state index contributed by atoms with van der Waals surface area (Å²) in [7, 11) is -2.51. The molecule has 0 N–H and O–H groups in total. The monoisotopic (exact) mass is 369 g/mol. The minimum atomic E-state index is -4.01. The van der Waals surface area contributed by atoms with E-state index in [0.29, 0.717) is 12.8 Å². The minimum absolute atomic E-state index is 0.153. The Morgan fingerprint density at radius 1 is 1.32 bits per heavy atom. The third-order valence-electron chi connectivity index (χ3n) is 4.18. The number of hydrogen-bond donors (Lipinski definition) is 0. The SMILES string of the molecule is COCc1nc(C2CCCCCN2S(=O)(=O)c2ccccc2F)no1. The molecule has 0 spiro atoms. The van der Waals surface area contributed by atoms with Gasteiger partial charge in [0, 0.05) is 13.7 Å². The molecule has 2 heterocycles. The van der Waals surface area contributed by atoms with E-state index < -0.39 is 21.9 Å². The Hall–Kier alpha value is -1.84. The Morgan fingerprint density at radius 3 is 2.88 bits per heavy atom. The van der Waals surface area contributed by atoms with E-state index in [-0.39, 0.29) is 29.8 Å². The summed E-state index contributed by atoms with van der Waals surface area (Å²) in [6.45, 7) is 0.440. The average molecular weight is 369 g/mol. The normalized spacial score (nSPS) is 19.7. The van der Waals surface area contributed by atoms with Crippen LogP contribution < -0.4 is 0 Å². The molecule has 0 aliphatic carbocycles. The van der Waals surface area contributed by atoms with E-state index in [2.05, 4.69) is 10.1 Å². The Morgan fingerprint density at radius 2 is 2.12 bits per heavy atom. The van der Waals surface area contributed by atoms with Crippen molar-refractivity contribution in [3.8, 4) is 0 Å². The molecule has 0 amide bonds. The number of hydrogen-bond acceptors (Lipinski definition) is 6. The molecule has 1 saturated heterocycles. The van der Waals surface area contributed by atoms with E-state index >= 15 is 0 Å². The molecular weight excluding hydrogens is 349 g/mol. The summed E-state index contributed by atoms with van der Waals surface area (Å²) in [4.78, 5) is 3.91. The molecule has 1 aromatic heterocycles. The first kappa shape index (κ1) is 18.0. The van der Waals surface area contributed by atoms with Gasteiger partial charge in [-0.15, -0.1) is 0 Å². The van der Waals surface area contributed by atoms with E-state index in [4.69, 9.17) is 9.26 Å². The largest absolute Gasteiger partial charge is 0.375 e. The van der Waals surface area contributed by atoms with Crippen molar-refractivity contribution in [2.75, 3.05) is 13.7 Å². The molecule has 1 atom stereocenters. The van der Waals surface area contributed by atoms with E-state index in [9.17, 15) is 12.8 Å². The van der Waals surface area contributed by atoms with Crippen molar-refractivity contribution in [1.29, 1.82) is 0 Å². The van der Waals surface area contributed by atoms with Crippen LogP contribution in [0.4, 0.5) is 4.39 Å². The van der Waals surface area contributed by atoms with Crippen molar-refractivity contribution in [3.05, 3.63) is 41.8 Å². The standard InChI is InChI=1S/C16H20FN3O4S/c1-23-11-15-18-16(19-24-15)13-8-3-2-6-10-20(13)25(21,22)14-9-5-4-7-12(14)17/h4-5,7,9,13H,2-3,6,8,10-11H2,1H3. The van der Waals surface area contributed by atoms with Crippen molar-refractivity contribution in [2.45, 2.75) is 43.2 Å². The number of benzene rings is 1. The first-order chi connectivity index (χ1) is 12.0. The van der Waals surface area contributed by atoms with E-state index in [1.807, 2.05) is 0 Å². The molecule has 1 aliphatic rings. The van der Waals surface area contributed by atoms with Gasteiger partial charge in [0.05, 0.1) is 6.04 Å². The third kappa shape index (κ3) is 3.73. The highest BCUT2D eigenvalue weighted by Crippen LogP contribution is 2.34. The average Bonchev–Trinajstić information content (AvgIpc) is 2.90. The second kappa shape index (κ2) is 7.59. The summed E-state index contributed by atoms with van der Waals surface area (Å²) in [6, 6.07) is 4.81. The highest BCUT2D eigenvalue weighted by molar-refractivity contribution is 7.89. The van der Waals surface area contributed by atoms with Crippen LogP contribution in [-0.2, 0) is 21.4 Å². The van der Waals surface area contributed by atoms with Gasteiger partial charge in [-0.3, -0.25) is 0 Å². The van der Waals surface area contributed by atoms with E-state index in [0.717, 1.165) is 18.9 Å². The lowest BCUT2D eigenvalue weighted by atomic mass is 10.1. The number of nitrogens with zero attached hydrogens (tertiary/aromatic N) is 3. The lowest BCUT2D eigenvalue weighted by molar-refractivity contribution is 0.151. The summed E-state index contributed by atoms with van der Waals surface area (Å²) < 4.78 is 51.6. The zero-order valence-electron chi connectivity index (χ0n) is 13.9. The number of halogens is 1. The number of aromatic nitrogens is 2. The van der Waals surface area contributed by atoms with Crippen LogP contribution in [0.2, 0.25) is 0 Å². The van der Waals surface area contributed by atoms with Gasteiger partial charge in [0.15, 0.2) is 5.82 Å². The van der Waals surface area contributed by atoms with Crippen molar-refractivity contribution in [1.82, 2.24) is 14.4 Å². The Kier molecular flexibility index (Phi) is 5.45. The third-order valence-corrected chi connectivity index (χ3v) is 6.12. The molecule has 0 saturated carbocycles. The van der Waals surface area contributed by atoms with Crippen LogP contribution in [0, 0.1) is 5.82 Å². The minimum Gasteiger partial charge on any atom is -0.375 e. The summed E-state index contributed by atoms with van der Waals surface area (Å²) >= 11 is 0. The fourth-order valence-corrected chi connectivity index (χ4v) is 4.72. The molecular formula is C16H20FN3O4S. The van der Waals surface area contributed by atoms with E-state index in [1.54, 1.807) is 0 Å². The zero-order chi connectivity index (χ0) is 17.9. The van der Waals surface area contributed by atoms with Gasteiger partial charge in [-0.05, 0) is 25.0 Å². The predicted molar refractivity (Wildman–Crippen MR) is 86.5 cm³/mol. The van der Waals surface area contributed by atoms with Crippen molar-refractivity contribution < 1.29 is 22.1 Å².